The minimum Gasteiger partial charge on any atom is -0.362 e. The summed E-state index contributed by atoms with van der Waals surface area (Å²) in [5, 5.41) is 12.4. The fourth-order valence-corrected chi connectivity index (χ4v) is 3.57. The summed E-state index contributed by atoms with van der Waals surface area (Å²) in [5.41, 5.74) is 0.601. The number of nitriles is 1. The highest BCUT2D eigenvalue weighted by atomic mass is 19.1. The Labute approximate surface area is 145 Å². The maximum absolute atomic E-state index is 15.0. The van der Waals surface area contributed by atoms with E-state index in [2.05, 4.69) is 16.4 Å². The molecule has 0 bridgehead atoms. The Morgan fingerprint density at radius 2 is 2.16 bits per heavy atom. The van der Waals surface area contributed by atoms with Gasteiger partial charge in [-0.25, -0.2) is 4.98 Å². The SMILES string of the molecule is CCn1c(CC#N)nc2c(N3C[C@@H](C)NC[C@@H]3C)c(F)c(=O)n(C)c21. The lowest BCUT2D eigenvalue weighted by molar-refractivity contribution is 0.420. The van der Waals surface area contributed by atoms with Gasteiger partial charge in [-0.2, -0.15) is 9.65 Å². The highest BCUT2D eigenvalue weighted by molar-refractivity contribution is 5.88. The van der Waals surface area contributed by atoms with Crippen LogP contribution >= 0.6 is 0 Å². The maximum Gasteiger partial charge on any atom is 0.290 e. The molecule has 0 amide bonds. The molecule has 8 heteroatoms. The molecule has 2 aromatic heterocycles. The molecule has 3 rings (SSSR count). The largest absolute Gasteiger partial charge is 0.362 e. The highest BCUT2D eigenvalue weighted by Crippen LogP contribution is 2.30. The smallest absolute Gasteiger partial charge is 0.290 e. The zero-order chi connectivity index (χ0) is 18.3. The average Bonchev–Trinajstić information content (AvgIpc) is 2.94. The van der Waals surface area contributed by atoms with Crippen LogP contribution in [0.25, 0.3) is 11.2 Å². The van der Waals surface area contributed by atoms with Crippen molar-refractivity contribution >= 4 is 16.9 Å². The number of nitrogens with one attached hydrogen (secondary N) is 1. The van der Waals surface area contributed by atoms with E-state index >= 15 is 0 Å². The molecule has 1 aliphatic heterocycles. The van der Waals surface area contributed by atoms with Crippen molar-refractivity contribution in [1.29, 1.82) is 5.26 Å². The molecule has 0 spiro atoms. The van der Waals surface area contributed by atoms with E-state index in [1.54, 1.807) is 7.05 Å². The van der Waals surface area contributed by atoms with E-state index in [0.717, 1.165) is 0 Å². The molecule has 1 N–H and O–H groups in total. The predicted octanol–water partition coefficient (Wildman–Crippen LogP) is 1.15. The van der Waals surface area contributed by atoms with Crippen LogP contribution in [0.1, 0.15) is 26.6 Å². The van der Waals surface area contributed by atoms with Gasteiger partial charge >= 0.3 is 0 Å². The lowest BCUT2D eigenvalue weighted by Gasteiger charge is -2.39. The Hall–Kier alpha value is -2.40. The third-order valence-electron chi connectivity index (χ3n) is 4.87. The van der Waals surface area contributed by atoms with Gasteiger partial charge in [0.2, 0.25) is 5.82 Å². The molecular weight excluding hydrogens is 323 g/mol. The van der Waals surface area contributed by atoms with Crippen molar-refractivity contribution in [3.63, 3.8) is 0 Å². The Kier molecular flexibility index (Phi) is 4.52. The number of imidazole rings is 1. The lowest BCUT2D eigenvalue weighted by atomic mass is 10.1. The van der Waals surface area contributed by atoms with Crippen LogP contribution in [0.2, 0.25) is 0 Å². The quantitative estimate of drug-likeness (QED) is 0.902. The summed E-state index contributed by atoms with van der Waals surface area (Å²) in [7, 11) is 1.55. The zero-order valence-electron chi connectivity index (χ0n) is 15.0. The van der Waals surface area contributed by atoms with Crippen LogP contribution in [0, 0.1) is 17.1 Å². The second-order valence-electron chi connectivity index (χ2n) is 6.62. The first-order chi connectivity index (χ1) is 11.9. The molecule has 1 saturated heterocycles. The molecule has 134 valence electrons. The summed E-state index contributed by atoms with van der Waals surface area (Å²) < 4.78 is 18.1. The maximum atomic E-state index is 15.0. The fourth-order valence-electron chi connectivity index (χ4n) is 3.57. The van der Waals surface area contributed by atoms with Crippen molar-refractivity contribution in [1.82, 2.24) is 19.4 Å². The minimum absolute atomic E-state index is 0.0344. The Morgan fingerprint density at radius 3 is 2.80 bits per heavy atom. The number of aryl methyl sites for hydroxylation is 2. The van der Waals surface area contributed by atoms with Crippen molar-refractivity contribution in [3.8, 4) is 6.07 Å². The molecule has 0 aromatic carbocycles. The van der Waals surface area contributed by atoms with Crippen LogP contribution in [-0.2, 0) is 20.0 Å². The Morgan fingerprint density at radius 1 is 1.44 bits per heavy atom. The molecule has 1 fully saturated rings. The third-order valence-corrected chi connectivity index (χ3v) is 4.87. The third kappa shape index (κ3) is 2.68. The van der Waals surface area contributed by atoms with Gasteiger partial charge in [-0.15, -0.1) is 0 Å². The van der Waals surface area contributed by atoms with Crippen LogP contribution in [0.15, 0.2) is 4.79 Å². The van der Waals surface area contributed by atoms with Gasteiger partial charge in [0.05, 0.1) is 12.5 Å². The van der Waals surface area contributed by atoms with Crippen LogP contribution in [0.5, 0.6) is 0 Å². The van der Waals surface area contributed by atoms with Gasteiger partial charge in [-0.1, -0.05) is 0 Å². The van der Waals surface area contributed by atoms with E-state index in [0.29, 0.717) is 36.6 Å². The molecule has 1 aliphatic rings. The summed E-state index contributed by atoms with van der Waals surface area (Å²) in [6.07, 6.45) is 0.116. The molecule has 2 aromatic rings. The number of fused-ring (bicyclic) bond motifs is 1. The Bertz CT molecular complexity index is 909. The van der Waals surface area contributed by atoms with Crippen molar-refractivity contribution in [3.05, 3.63) is 22.0 Å². The number of pyridine rings is 1. The number of hydrogen-bond acceptors (Lipinski definition) is 5. The van der Waals surface area contributed by atoms with E-state index in [-0.39, 0.29) is 24.2 Å². The molecule has 7 nitrogen and oxygen atoms in total. The van der Waals surface area contributed by atoms with Crippen molar-refractivity contribution in [2.75, 3.05) is 18.0 Å². The fraction of sp³-hybridized carbons (Fsp3) is 0.588. The molecule has 0 saturated carbocycles. The number of hydrogen-bond donors (Lipinski definition) is 1. The first-order valence-electron chi connectivity index (χ1n) is 8.55. The molecular formula is C17H23FN6O. The van der Waals surface area contributed by atoms with Crippen LogP contribution in [-0.4, -0.2) is 39.3 Å². The van der Waals surface area contributed by atoms with Gasteiger partial charge in [0.25, 0.3) is 5.56 Å². The van der Waals surface area contributed by atoms with E-state index < -0.39 is 11.4 Å². The summed E-state index contributed by atoms with van der Waals surface area (Å²) in [4.78, 5) is 19.0. The molecule has 0 unspecified atom stereocenters. The highest BCUT2D eigenvalue weighted by Gasteiger charge is 2.31. The molecule has 2 atom stereocenters. The lowest BCUT2D eigenvalue weighted by Crippen LogP contribution is -2.55. The van der Waals surface area contributed by atoms with Gasteiger partial charge in [-0.05, 0) is 20.8 Å². The van der Waals surface area contributed by atoms with Crippen molar-refractivity contribution in [2.24, 2.45) is 7.05 Å². The number of nitrogens with zero attached hydrogens (tertiary/aromatic N) is 5. The van der Waals surface area contributed by atoms with E-state index in [1.165, 1.54) is 4.57 Å². The number of halogens is 1. The molecule has 0 aliphatic carbocycles. The standard InChI is InChI=1S/C17H23FN6O/c1-5-23-12(6-7-19)21-14-15(13(18)17(25)22(4)16(14)23)24-9-10(2)20-8-11(24)3/h10-11,20H,5-6,8-9H2,1-4H3/t10-,11+/m1/s1. The number of piperazine rings is 1. The van der Waals surface area contributed by atoms with Crippen LogP contribution in [0.3, 0.4) is 0 Å². The second kappa shape index (κ2) is 6.48. The second-order valence-corrected chi connectivity index (χ2v) is 6.62. The van der Waals surface area contributed by atoms with Gasteiger partial charge in [0.1, 0.15) is 22.7 Å². The summed E-state index contributed by atoms with van der Waals surface area (Å²) >= 11 is 0. The average molecular weight is 346 g/mol. The Balaban J connectivity index is 2.35. The minimum atomic E-state index is -0.778. The van der Waals surface area contributed by atoms with Crippen LogP contribution < -0.4 is 15.8 Å². The van der Waals surface area contributed by atoms with E-state index in [9.17, 15) is 9.18 Å². The number of aromatic nitrogens is 3. The summed E-state index contributed by atoms with van der Waals surface area (Å²) in [6, 6.07) is 2.31. The predicted molar refractivity (Wildman–Crippen MR) is 94.2 cm³/mol. The van der Waals surface area contributed by atoms with Crippen molar-refractivity contribution < 1.29 is 4.39 Å². The molecule has 3 heterocycles. The van der Waals surface area contributed by atoms with Gasteiger partial charge in [-0.3, -0.25) is 9.36 Å². The van der Waals surface area contributed by atoms with Gasteiger partial charge in [0, 0.05) is 38.8 Å². The van der Waals surface area contributed by atoms with E-state index in [4.69, 9.17) is 5.26 Å². The summed E-state index contributed by atoms with van der Waals surface area (Å²) in [6.45, 7) is 7.80. The number of rotatable bonds is 3. The molecule has 0 radical (unpaired) electrons. The van der Waals surface area contributed by atoms with Crippen LogP contribution in [0.4, 0.5) is 10.1 Å². The monoisotopic (exact) mass is 346 g/mol. The van der Waals surface area contributed by atoms with E-state index in [1.807, 2.05) is 30.2 Å². The van der Waals surface area contributed by atoms with Crippen molar-refractivity contribution in [2.45, 2.75) is 45.8 Å². The molecule has 25 heavy (non-hydrogen) atoms. The normalized spacial score (nSPS) is 20.9. The first-order valence-corrected chi connectivity index (χ1v) is 8.55. The summed E-state index contributed by atoms with van der Waals surface area (Å²) in [5.74, 6) is -0.224. The zero-order valence-corrected chi connectivity index (χ0v) is 15.0. The van der Waals surface area contributed by atoms with Gasteiger partial charge < -0.3 is 14.8 Å². The topological polar surface area (TPSA) is 78.9 Å². The van der Waals surface area contributed by atoms with Gasteiger partial charge in [0.15, 0.2) is 0 Å². The number of anilines is 1. The first kappa shape index (κ1) is 17.4.